The van der Waals surface area contributed by atoms with Gasteiger partial charge in [-0.3, -0.25) is 14.9 Å². The molecule has 1 amide bonds. The number of amides is 1. The Morgan fingerprint density at radius 2 is 2.15 bits per heavy atom. The zero-order chi connectivity index (χ0) is 15.3. The fourth-order valence-corrected chi connectivity index (χ4v) is 1.66. The van der Waals surface area contributed by atoms with E-state index >= 15 is 0 Å². The van der Waals surface area contributed by atoms with Crippen molar-refractivity contribution in [2.45, 2.75) is 18.7 Å². The third-order valence-electron chi connectivity index (χ3n) is 2.82. The Balaban J connectivity index is 2.84. The average Bonchev–Trinajstić information content (AvgIpc) is 2.43. The van der Waals surface area contributed by atoms with Crippen molar-refractivity contribution in [3.63, 3.8) is 0 Å². The van der Waals surface area contributed by atoms with Crippen LogP contribution in [-0.4, -0.2) is 29.3 Å². The molecule has 0 saturated carbocycles. The minimum atomic E-state index is -0.572. The summed E-state index contributed by atoms with van der Waals surface area (Å²) in [5, 5.41) is 13.6. The van der Waals surface area contributed by atoms with Gasteiger partial charge in [0.1, 0.15) is 0 Å². The number of carbonyl (C=O) groups excluding carboxylic acids is 1. The Labute approximate surface area is 125 Å². The Bertz CT molecular complexity index is 505. The van der Waals surface area contributed by atoms with Crippen LogP contribution in [0.5, 0.6) is 5.75 Å². The molecule has 0 aromatic heterocycles. The maximum Gasteiger partial charge on any atom is 0.311 e. The summed E-state index contributed by atoms with van der Waals surface area (Å²) < 4.78 is 4.89. The highest BCUT2D eigenvalue weighted by atomic mass is 79.9. The van der Waals surface area contributed by atoms with E-state index in [0.29, 0.717) is 12.5 Å². The van der Waals surface area contributed by atoms with Crippen molar-refractivity contribution < 1.29 is 14.5 Å². The maximum atomic E-state index is 12.0. The summed E-state index contributed by atoms with van der Waals surface area (Å²) in [7, 11) is 1.35. The second-order valence-electron chi connectivity index (χ2n) is 4.61. The predicted octanol–water partition coefficient (Wildman–Crippen LogP) is 2.75. The molecule has 7 heteroatoms. The van der Waals surface area contributed by atoms with Gasteiger partial charge in [0, 0.05) is 23.0 Å². The molecule has 1 aromatic carbocycles. The Morgan fingerprint density at radius 3 is 2.65 bits per heavy atom. The molecule has 6 nitrogen and oxygen atoms in total. The number of alkyl halides is 1. The van der Waals surface area contributed by atoms with Crippen LogP contribution < -0.4 is 10.1 Å². The van der Waals surface area contributed by atoms with Crippen LogP contribution in [-0.2, 0) is 0 Å². The molecule has 0 aliphatic carbocycles. The fourth-order valence-electron chi connectivity index (χ4n) is 1.50. The fraction of sp³-hybridized carbons (Fsp3) is 0.462. The zero-order valence-electron chi connectivity index (χ0n) is 11.6. The van der Waals surface area contributed by atoms with E-state index in [-0.39, 0.29) is 27.7 Å². The number of methoxy groups -OCH3 is 1. The van der Waals surface area contributed by atoms with E-state index in [4.69, 9.17) is 4.74 Å². The summed E-state index contributed by atoms with van der Waals surface area (Å²) in [5.41, 5.74) is 0.0142. The number of nitro groups is 1. The number of ether oxygens (including phenoxy) is 1. The average molecular weight is 345 g/mol. The maximum absolute atomic E-state index is 12.0. The first-order valence-electron chi connectivity index (χ1n) is 6.11. The number of nitrogens with zero attached hydrogens (tertiary/aromatic N) is 1. The smallest absolute Gasteiger partial charge is 0.311 e. The van der Waals surface area contributed by atoms with Gasteiger partial charge < -0.3 is 10.1 Å². The van der Waals surface area contributed by atoms with Crippen molar-refractivity contribution in [3.05, 3.63) is 33.9 Å². The predicted molar refractivity (Wildman–Crippen MR) is 79.5 cm³/mol. The SMILES string of the molecule is COc1ccc(C(=O)NCC(Br)C(C)C)cc1[N+](=O)[O-]. The van der Waals surface area contributed by atoms with Crippen LogP contribution in [0.3, 0.4) is 0 Å². The molecule has 0 saturated heterocycles. The first-order valence-corrected chi connectivity index (χ1v) is 7.03. The van der Waals surface area contributed by atoms with Gasteiger partial charge in [0.15, 0.2) is 5.75 Å². The third-order valence-corrected chi connectivity index (χ3v) is 4.20. The largest absolute Gasteiger partial charge is 0.490 e. The number of hydrogen-bond acceptors (Lipinski definition) is 4. The minimum absolute atomic E-state index is 0.132. The molecule has 20 heavy (non-hydrogen) atoms. The molecule has 0 aliphatic heterocycles. The lowest BCUT2D eigenvalue weighted by atomic mass is 10.1. The number of halogens is 1. The monoisotopic (exact) mass is 344 g/mol. The lowest BCUT2D eigenvalue weighted by Crippen LogP contribution is -2.31. The highest BCUT2D eigenvalue weighted by molar-refractivity contribution is 9.09. The van der Waals surface area contributed by atoms with Crippen molar-refractivity contribution in [1.82, 2.24) is 5.32 Å². The molecular formula is C13H17BrN2O4. The highest BCUT2D eigenvalue weighted by Crippen LogP contribution is 2.27. The molecule has 1 rings (SSSR count). The van der Waals surface area contributed by atoms with Crippen molar-refractivity contribution in [2.75, 3.05) is 13.7 Å². The van der Waals surface area contributed by atoms with Gasteiger partial charge in [0.25, 0.3) is 5.91 Å². The van der Waals surface area contributed by atoms with Gasteiger partial charge in [0.05, 0.1) is 12.0 Å². The van der Waals surface area contributed by atoms with Crippen LogP contribution >= 0.6 is 15.9 Å². The quantitative estimate of drug-likeness (QED) is 0.488. The van der Waals surface area contributed by atoms with Crippen LogP contribution in [0.1, 0.15) is 24.2 Å². The van der Waals surface area contributed by atoms with E-state index in [1.54, 1.807) is 0 Å². The third kappa shape index (κ3) is 4.19. The minimum Gasteiger partial charge on any atom is -0.490 e. The van der Waals surface area contributed by atoms with E-state index in [9.17, 15) is 14.9 Å². The second-order valence-corrected chi connectivity index (χ2v) is 5.79. The Morgan fingerprint density at radius 1 is 1.50 bits per heavy atom. The van der Waals surface area contributed by atoms with Gasteiger partial charge >= 0.3 is 5.69 Å². The van der Waals surface area contributed by atoms with Gasteiger partial charge in [-0.25, -0.2) is 0 Å². The van der Waals surface area contributed by atoms with Gasteiger partial charge in [-0.2, -0.15) is 0 Å². The lowest BCUT2D eigenvalue weighted by molar-refractivity contribution is -0.385. The van der Waals surface area contributed by atoms with E-state index in [1.807, 2.05) is 13.8 Å². The van der Waals surface area contributed by atoms with Crippen LogP contribution in [0, 0.1) is 16.0 Å². The van der Waals surface area contributed by atoms with Crippen molar-refractivity contribution >= 4 is 27.5 Å². The number of benzene rings is 1. The summed E-state index contributed by atoms with van der Waals surface area (Å²) in [6, 6.07) is 4.13. The standard InChI is InChI=1S/C13H17BrN2O4/c1-8(2)10(14)7-15-13(17)9-4-5-12(20-3)11(6-9)16(18)19/h4-6,8,10H,7H2,1-3H3,(H,15,17). The summed E-state index contributed by atoms with van der Waals surface area (Å²) >= 11 is 3.46. The molecule has 110 valence electrons. The van der Waals surface area contributed by atoms with Crippen LogP contribution in [0.15, 0.2) is 18.2 Å². The number of hydrogen-bond donors (Lipinski definition) is 1. The summed E-state index contributed by atoms with van der Waals surface area (Å²) in [6.45, 7) is 4.52. The van der Waals surface area contributed by atoms with Gasteiger partial charge in [-0.05, 0) is 18.1 Å². The van der Waals surface area contributed by atoms with E-state index in [1.165, 1.54) is 25.3 Å². The molecule has 1 unspecified atom stereocenters. The van der Waals surface area contributed by atoms with Crippen molar-refractivity contribution in [2.24, 2.45) is 5.92 Å². The van der Waals surface area contributed by atoms with E-state index in [0.717, 1.165) is 0 Å². The number of nitro benzene ring substituents is 1. The zero-order valence-corrected chi connectivity index (χ0v) is 13.1. The van der Waals surface area contributed by atoms with Crippen molar-refractivity contribution in [3.8, 4) is 5.75 Å². The van der Waals surface area contributed by atoms with Crippen molar-refractivity contribution in [1.29, 1.82) is 0 Å². The Kier molecular flexibility index (Phi) is 5.94. The summed E-state index contributed by atoms with van der Waals surface area (Å²) in [6.07, 6.45) is 0. The Hall–Kier alpha value is -1.63. The molecule has 0 aliphatic rings. The molecule has 0 spiro atoms. The number of rotatable bonds is 6. The molecule has 0 fully saturated rings. The molecule has 1 N–H and O–H groups in total. The molecule has 0 bridgehead atoms. The van der Waals surface area contributed by atoms with Gasteiger partial charge in [-0.15, -0.1) is 0 Å². The first-order chi connectivity index (χ1) is 9.36. The van der Waals surface area contributed by atoms with Gasteiger partial charge in [-0.1, -0.05) is 29.8 Å². The van der Waals surface area contributed by atoms with E-state index < -0.39 is 4.92 Å². The van der Waals surface area contributed by atoms with Crippen LogP contribution in [0.4, 0.5) is 5.69 Å². The summed E-state index contributed by atoms with van der Waals surface area (Å²) in [5.74, 6) is 0.161. The molecule has 1 atom stereocenters. The highest BCUT2D eigenvalue weighted by Gasteiger charge is 2.18. The van der Waals surface area contributed by atoms with Gasteiger partial charge in [0.2, 0.25) is 0 Å². The lowest BCUT2D eigenvalue weighted by Gasteiger charge is -2.14. The number of nitrogens with one attached hydrogen (secondary N) is 1. The molecule has 1 aromatic rings. The summed E-state index contributed by atoms with van der Waals surface area (Å²) in [4.78, 5) is 22.4. The normalized spacial score (nSPS) is 12.1. The van der Waals surface area contributed by atoms with Crippen LogP contribution in [0.2, 0.25) is 0 Å². The second kappa shape index (κ2) is 7.23. The molecular weight excluding hydrogens is 328 g/mol. The first kappa shape index (κ1) is 16.4. The van der Waals surface area contributed by atoms with E-state index in [2.05, 4.69) is 21.2 Å². The number of carbonyl (C=O) groups is 1. The van der Waals surface area contributed by atoms with Crippen LogP contribution in [0.25, 0.3) is 0 Å². The topological polar surface area (TPSA) is 81.5 Å². The molecule has 0 radical (unpaired) electrons. The molecule has 0 heterocycles.